The SMILES string of the molecule is Cc1ccc(OC(=S)NCc2ccccc2)cc1. The van der Waals surface area contributed by atoms with Crippen LogP contribution < -0.4 is 10.1 Å². The van der Waals surface area contributed by atoms with Crippen molar-refractivity contribution in [1.82, 2.24) is 5.32 Å². The van der Waals surface area contributed by atoms with Crippen LogP contribution in [0, 0.1) is 6.92 Å². The van der Waals surface area contributed by atoms with Crippen LogP contribution in [0.25, 0.3) is 0 Å². The minimum Gasteiger partial charge on any atom is -0.432 e. The van der Waals surface area contributed by atoms with Gasteiger partial charge in [0.15, 0.2) is 0 Å². The average molecular weight is 257 g/mol. The predicted octanol–water partition coefficient (Wildman–Crippen LogP) is 3.45. The lowest BCUT2D eigenvalue weighted by Crippen LogP contribution is -2.25. The van der Waals surface area contributed by atoms with Gasteiger partial charge in [-0.05, 0) is 36.8 Å². The van der Waals surface area contributed by atoms with Gasteiger partial charge in [0.2, 0.25) is 0 Å². The molecule has 0 amide bonds. The van der Waals surface area contributed by atoms with Crippen molar-refractivity contribution in [2.45, 2.75) is 13.5 Å². The molecule has 2 nitrogen and oxygen atoms in total. The van der Waals surface area contributed by atoms with Crippen LogP contribution in [-0.2, 0) is 6.54 Å². The minimum atomic E-state index is 0.391. The lowest BCUT2D eigenvalue weighted by atomic mass is 10.2. The Morgan fingerprint density at radius 2 is 1.72 bits per heavy atom. The first-order chi connectivity index (χ1) is 8.74. The molecule has 0 aromatic heterocycles. The van der Waals surface area contributed by atoms with Crippen molar-refractivity contribution < 1.29 is 4.74 Å². The molecular formula is C15H15NOS. The zero-order chi connectivity index (χ0) is 12.8. The van der Waals surface area contributed by atoms with E-state index in [1.165, 1.54) is 11.1 Å². The van der Waals surface area contributed by atoms with Gasteiger partial charge < -0.3 is 10.1 Å². The first-order valence-corrected chi connectivity index (χ1v) is 6.21. The monoisotopic (exact) mass is 257 g/mol. The lowest BCUT2D eigenvalue weighted by molar-refractivity contribution is 0.531. The summed E-state index contributed by atoms with van der Waals surface area (Å²) in [6, 6.07) is 17.9. The number of rotatable bonds is 3. The van der Waals surface area contributed by atoms with Gasteiger partial charge in [0, 0.05) is 6.54 Å². The highest BCUT2D eigenvalue weighted by Gasteiger charge is 1.99. The summed E-state index contributed by atoms with van der Waals surface area (Å²) in [5.74, 6) is 0.756. The largest absolute Gasteiger partial charge is 0.432 e. The number of benzene rings is 2. The van der Waals surface area contributed by atoms with Crippen LogP contribution in [0.5, 0.6) is 5.75 Å². The molecule has 0 aliphatic heterocycles. The maximum atomic E-state index is 5.51. The highest BCUT2D eigenvalue weighted by molar-refractivity contribution is 7.80. The number of aryl methyl sites for hydroxylation is 1. The predicted molar refractivity (Wildman–Crippen MR) is 77.7 cm³/mol. The molecule has 0 saturated heterocycles. The maximum Gasteiger partial charge on any atom is 0.262 e. The Labute approximate surface area is 113 Å². The van der Waals surface area contributed by atoms with E-state index in [2.05, 4.69) is 5.32 Å². The molecule has 3 heteroatoms. The molecule has 0 aliphatic carbocycles. The first-order valence-electron chi connectivity index (χ1n) is 5.80. The van der Waals surface area contributed by atoms with Crippen LogP contribution in [0.2, 0.25) is 0 Å². The normalized spacial score (nSPS) is 9.83. The summed E-state index contributed by atoms with van der Waals surface area (Å²) in [6.07, 6.45) is 0. The molecule has 2 aromatic rings. The highest BCUT2D eigenvalue weighted by atomic mass is 32.1. The van der Waals surface area contributed by atoms with E-state index in [9.17, 15) is 0 Å². The van der Waals surface area contributed by atoms with Gasteiger partial charge in [0.05, 0.1) is 0 Å². The van der Waals surface area contributed by atoms with Crippen molar-refractivity contribution in [1.29, 1.82) is 0 Å². The molecule has 2 rings (SSSR count). The summed E-state index contributed by atoms with van der Waals surface area (Å²) >= 11 is 5.13. The maximum absolute atomic E-state index is 5.51. The molecule has 0 radical (unpaired) electrons. The van der Waals surface area contributed by atoms with Crippen molar-refractivity contribution in [2.75, 3.05) is 0 Å². The topological polar surface area (TPSA) is 21.3 Å². The molecule has 0 heterocycles. The van der Waals surface area contributed by atoms with E-state index in [0.29, 0.717) is 11.7 Å². The van der Waals surface area contributed by atoms with Crippen LogP contribution in [0.15, 0.2) is 54.6 Å². The van der Waals surface area contributed by atoms with Gasteiger partial charge in [-0.1, -0.05) is 48.0 Å². The molecule has 92 valence electrons. The summed E-state index contributed by atoms with van der Waals surface area (Å²) in [7, 11) is 0. The fourth-order valence-corrected chi connectivity index (χ4v) is 1.69. The second kappa shape index (κ2) is 6.17. The molecule has 1 N–H and O–H groups in total. The summed E-state index contributed by atoms with van der Waals surface area (Å²) in [4.78, 5) is 0. The Morgan fingerprint density at radius 1 is 1.06 bits per heavy atom. The standard InChI is InChI=1S/C15H15NOS/c1-12-7-9-14(10-8-12)17-15(18)16-11-13-5-3-2-4-6-13/h2-10H,11H2,1H3,(H,16,18). The van der Waals surface area contributed by atoms with E-state index in [4.69, 9.17) is 17.0 Å². The minimum absolute atomic E-state index is 0.391. The van der Waals surface area contributed by atoms with Crippen LogP contribution in [0.1, 0.15) is 11.1 Å². The highest BCUT2D eigenvalue weighted by Crippen LogP contribution is 2.11. The molecule has 18 heavy (non-hydrogen) atoms. The van der Waals surface area contributed by atoms with Gasteiger partial charge >= 0.3 is 0 Å². The molecular weight excluding hydrogens is 242 g/mol. The lowest BCUT2D eigenvalue weighted by Gasteiger charge is -2.09. The Bertz CT molecular complexity index is 508. The average Bonchev–Trinajstić information content (AvgIpc) is 2.40. The van der Waals surface area contributed by atoms with Crippen molar-refractivity contribution in [3.05, 3.63) is 65.7 Å². The van der Waals surface area contributed by atoms with Gasteiger partial charge in [0.1, 0.15) is 5.75 Å². The third-order valence-corrected chi connectivity index (χ3v) is 2.74. The quantitative estimate of drug-likeness (QED) is 0.851. The second-order valence-electron chi connectivity index (χ2n) is 4.04. The molecule has 0 aliphatic rings. The number of ether oxygens (including phenoxy) is 1. The number of nitrogens with one attached hydrogen (secondary N) is 1. The van der Waals surface area contributed by atoms with E-state index < -0.39 is 0 Å². The van der Waals surface area contributed by atoms with E-state index in [0.717, 1.165) is 5.75 Å². The van der Waals surface area contributed by atoms with Crippen LogP contribution in [0.3, 0.4) is 0 Å². The third kappa shape index (κ3) is 3.86. The second-order valence-corrected chi connectivity index (χ2v) is 4.41. The zero-order valence-corrected chi connectivity index (χ0v) is 11.0. The smallest absolute Gasteiger partial charge is 0.262 e. The summed E-state index contributed by atoms with van der Waals surface area (Å²) in [5.41, 5.74) is 2.37. The summed E-state index contributed by atoms with van der Waals surface area (Å²) in [6.45, 7) is 2.71. The van der Waals surface area contributed by atoms with E-state index >= 15 is 0 Å². The van der Waals surface area contributed by atoms with E-state index in [-0.39, 0.29) is 0 Å². The van der Waals surface area contributed by atoms with Crippen molar-refractivity contribution in [2.24, 2.45) is 0 Å². The summed E-state index contributed by atoms with van der Waals surface area (Å²) in [5, 5.41) is 3.46. The van der Waals surface area contributed by atoms with Crippen molar-refractivity contribution in [3.8, 4) is 5.75 Å². The van der Waals surface area contributed by atoms with Crippen LogP contribution >= 0.6 is 12.2 Å². The third-order valence-electron chi connectivity index (χ3n) is 2.51. The number of hydrogen-bond donors (Lipinski definition) is 1. The Balaban J connectivity index is 1.84. The molecule has 2 aromatic carbocycles. The van der Waals surface area contributed by atoms with Gasteiger partial charge in [-0.25, -0.2) is 0 Å². The molecule has 0 fully saturated rings. The fraction of sp³-hybridized carbons (Fsp3) is 0.133. The van der Waals surface area contributed by atoms with Gasteiger partial charge in [0.25, 0.3) is 5.17 Å². The molecule has 0 atom stereocenters. The van der Waals surface area contributed by atoms with Crippen LogP contribution in [-0.4, -0.2) is 5.17 Å². The fourth-order valence-electron chi connectivity index (χ4n) is 1.52. The van der Waals surface area contributed by atoms with E-state index in [1.807, 2.05) is 61.5 Å². The van der Waals surface area contributed by atoms with Crippen LogP contribution in [0.4, 0.5) is 0 Å². The Hall–Kier alpha value is -1.87. The Morgan fingerprint density at radius 3 is 2.39 bits per heavy atom. The van der Waals surface area contributed by atoms with Gasteiger partial charge in [-0.2, -0.15) is 0 Å². The van der Waals surface area contributed by atoms with E-state index in [1.54, 1.807) is 0 Å². The van der Waals surface area contributed by atoms with Crippen molar-refractivity contribution >= 4 is 17.4 Å². The van der Waals surface area contributed by atoms with Gasteiger partial charge in [-0.15, -0.1) is 0 Å². The molecule has 0 saturated carbocycles. The first kappa shape index (κ1) is 12.6. The Kier molecular flexibility index (Phi) is 4.31. The number of thiocarbonyl (C=S) groups is 1. The summed E-state index contributed by atoms with van der Waals surface area (Å²) < 4.78 is 5.51. The zero-order valence-electron chi connectivity index (χ0n) is 10.2. The number of hydrogen-bond acceptors (Lipinski definition) is 2. The molecule has 0 bridgehead atoms. The van der Waals surface area contributed by atoms with Crippen molar-refractivity contribution in [3.63, 3.8) is 0 Å². The van der Waals surface area contributed by atoms with Gasteiger partial charge in [-0.3, -0.25) is 0 Å². The molecule has 0 spiro atoms. The molecule has 0 unspecified atom stereocenters.